The van der Waals surface area contributed by atoms with E-state index in [1.165, 1.54) is 13.2 Å². The molecule has 0 spiro atoms. The van der Waals surface area contributed by atoms with Crippen molar-refractivity contribution in [2.45, 2.75) is 13.8 Å². The van der Waals surface area contributed by atoms with Gasteiger partial charge in [0.15, 0.2) is 0 Å². The highest BCUT2D eigenvalue weighted by Gasteiger charge is 2.26. The summed E-state index contributed by atoms with van der Waals surface area (Å²) in [6.07, 6.45) is 3.31. The summed E-state index contributed by atoms with van der Waals surface area (Å²) in [7, 11) is 1.49. The van der Waals surface area contributed by atoms with E-state index >= 15 is 0 Å². The molecule has 3 aromatic rings. The molecule has 3 N–H and O–H groups in total. The van der Waals surface area contributed by atoms with Gasteiger partial charge in [0, 0.05) is 36.2 Å². The number of nitrogens with one attached hydrogen (secondary N) is 3. The summed E-state index contributed by atoms with van der Waals surface area (Å²) in [4.78, 5) is 30.5. The molecule has 0 atom stereocenters. The Kier molecular flexibility index (Phi) is 7.31. The summed E-state index contributed by atoms with van der Waals surface area (Å²) in [5.41, 5.74) is 3.75. The molecular weight excluding hydrogens is 447 g/mol. The van der Waals surface area contributed by atoms with Crippen LogP contribution in [0.3, 0.4) is 0 Å². The molecule has 2 aromatic carbocycles. The normalized spacial score (nSPS) is 13.7. The number of fused-ring (bicyclic) bond motifs is 1. The molecule has 7 nitrogen and oxygen atoms in total. The van der Waals surface area contributed by atoms with Crippen LogP contribution in [0.2, 0.25) is 0 Å². The first-order valence-electron chi connectivity index (χ1n) is 11.6. The Morgan fingerprint density at radius 3 is 2.71 bits per heavy atom. The lowest BCUT2D eigenvalue weighted by atomic mass is 9.98. The molecular formula is C27H29FN4O3. The minimum atomic E-state index is -0.409. The quantitative estimate of drug-likeness (QED) is 0.400. The number of aromatic nitrogens is 1. The van der Waals surface area contributed by atoms with Crippen molar-refractivity contribution in [3.8, 4) is 16.9 Å². The number of likely N-dealkylation sites (N-methyl/N-ethyl adjacent to an activating group) is 1. The van der Waals surface area contributed by atoms with Gasteiger partial charge in [-0.15, -0.1) is 0 Å². The van der Waals surface area contributed by atoms with E-state index in [1.54, 1.807) is 48.7 Å². The number of aromatic amines is 1. The van der Waals surface area contributed by atoms with E-state index < -0.39 is 5.82 Å². The van der Waals surface area contributed by atoms with Gasteiger partial charge in [0.2, 0.25) is 0 Å². The van der Waals surface area contributed by atoms with Gasteiger partial charge in [-0.1, -0.05) is 26.0 Å². The maximum absolute atomic E-state index is 14.6. The van der Waals surface area contributed by atoms with Crippen molar-refractivity contribution in [2.75, 3.05) is 38.6 Å². The third-order valence-corrected chi connectivity index (χ3v) is 6.16. The first-order valence-corrected chi connectivity index (χ1v) is 11.6. The minimum Gasteiger partial charge on any atom is -0.496 e. The van der Waals surface area contributed by atoms with Gasteiger partial charge in [-0.05, 0) is 55.1 Å². The van der Waals surface area contributed by atoms with Gasteiger partial charge in [-0.2, -0.15) is 0 Å². The number of hydrogen-bond acceptors (Lipinski definition) is 4. The molecule has 0 bridgehead atoms. The largest absolute Gasteiger partial charge is 0.496 e. The molecule has 0 saturated carbocycles. The van der Waals surface area contributed by atoms with Crippen molar-refractivity contribution in [3.63, 3.8) is 0 Å². The standard InChI is InChI=1S/C27H29FN4O3/c1-4-32(5-2)12-11-29-26(33)18-13-19(30-16-18)15-21-20-14-17(9-10-23(20)31-27(21)34)25-22(28)7-6-8-24(25)35-3/h6-10,13-16,30H,4-5,11-12H2,1-3H3,(H,29,33)(H,31,34)/b21-15-. The van der Waals surface area contributed by atoms with Crippen LogP contribution in [0.25, 0.3) is 22.8 Å². The summed E-state index contributed by atoms with van der Waals surface area (Å²) in [6, 6.07) is 11.6. The van der Waals surface area contributed by atoms with Crippen LogP contribution in [-0.2, 0) is 4.79 Å². The molecule has 2 amide bonds. The van der Waals surface area contributed by atoms with Gasteiger partial charge in [-0.3, -0.25) is 9.59 Å². The number of halogens is 1. The summed E-state index contributed by atoms with van der Waals surface area (Å²) >= 11 is 0. The fraction of sp³-hybridized carbons (Fsp3) is 0.259. The van der Waals surface area contributed by atoms with Crippen LogP contribution in [0.15, 0.2) is 48.7 Å². The number of hydrogen-bond donors (Lipinski definition) is 3. The number of methoxy groups -OCH3 is 1. The topological polar surface area (TPSA) is 86.5 Å². The molecule has 35 heavy (non-hydrogen) atoms. The van der Waals surface area contributed by atoms with Crippen LogP contribution < -0.4 is 15.4 Å². The third kappa shape index (κ3) is 5.12. The molecule has 4 rings (SSSR count). The number of amides is 2. The molecule has 0 aliphatic carbocycles. The van der Waals surface area contributed by atoms with Gasteiger partial charge < -0.3 is 25.3 Å². The van der Waals surface area contributed by atoms with Crippen LogP contribution >= 0.6 is 0 Å². The SMILES string of the molecule is CCN(CC)CCNC(=O)c1c[nH]c(/C=C2\C(=O)Nc3ccc(-c4c(F)cccc4OC)cc32)c1. The Labute approximate surface area is 204 Å². The van der Waals surface area contributed by atoms with Crippen LogP contribution in [-0.4, -0.2) is 55.0 Å². The Morgan fingerprint density at radius 2 is 1.97 bits per heavy atom. The Balaban J connectivity index is 1.57. The summed E-state index contributed by atoms with van der Waals surface area (Å²) in [6.45, 7) is 7.38. The third-order valence-electron chi connectivity index (χ3n) is 6.16. The van der Waals surface area contributed by atoms with E-state index in [-0.39, 0.29) is 11.8 Å². The Hall–Kier alpha value is -3.91. The van der Waals surface area contributed by atoms with Crippen molar-refractivity contribution in [3.05, 3.63) is 71.3 Å². The first kappa shape index (κ1) is 24.2. The second kappa shape index (κ2) is 10.6. The number of benzene rings is 2. The van der Waals surface area contributed by atoms with Crippen LogP contribution in [0.4, 0.5) is 10.1 Å². The number of nitrogens with zero attached hydrogens (tertiary/aromatic N) is 1. The number of anilines is 1. The highest BCUT2D eigenvalue weighted by atomic mass is 19.1. The molecule has 0 saturated heterocycles. The van der Waals surface area contributed by atoms with E-state index in [4.69, 9.17) is 4.74 Å². The predicted octanol–water partition coefficient (Wildman–Crippen LogP) is 4.39. The van der Waals surface area contributed by atoms with E-state index in [2.05, 4.69) is 34.4 Å². The van der Waals surface area contributed by atoms with E-state index in [9.17, 15) is 14.0 Å². The van der Waals surface area contributed by atoms with Crippen molar-refractivity contribution >= 4 is 29.2 Å². The van der Waals surface area contributed by atoms with Gasteiger partial charge in [-0.25, -0.2) is 4.39 Å². The first-order chi connectivity index (χ1) is 16.9. The summed E-state index contributed by atoms with van der Waals surface area (Å²) < 4.78 is 20.0. The second-order valence-corrected chi connectivity index (χ2v) is 8.22. The van der Waals surface area contributed by atoms with Crippen LogP contribution in [0.1, 0.15) is 35.5 Å². The molecule has 0 unspecified atom stereocenters. The summed E-state index contributed by atoms with van der Waals surface area (Å²) in [5, 5.41) is 5.76. The van der Waals surface area contributed by atoms with Crippen molar-refractivity contribution in [1.29, 1.82) is 0 Å². The zero-order chi connectivity index (χ0) is 24.9. The molecule has 1 aromatic heterocycles. The molecule has 0 fully saturated rings. The van der Waals surface area contributed by atoms with Gasteiger partial charge in [0.05, 0.1) is 23.8 Å². The van der Waals surface area contributed by atoms with E-state index in [0.717, 1.165) is 19.6 Å². The number of carbonyl (C=O) groups is 2. The van der Waals surface area contributed by atoms with E-state index in [0.29, 0.717) is 51.5 Å². The zero-order valence-electron chi connectivity index (χ0n) is 20.1. The Morgan fingerprint density at radius 1 is 1.17 bits per heavy atom. The van der Waals surface area contributed by atoms with Gasteiger partial charge >= 0.3 is 0 Å². The molecule has 2 heterocycles. The van der Waals surface area contributed by atoms with Crippen LogP contribution in [0, 0.1) is 5.82 Å². The lowest BCUT2D eigenvalue weighted by Gasteiger charge is -2.17. The lowest BCUT2D eigenvalue weighted by molar-refractivity contribution is -0.110. The van der Waals surface area contributed by atoms with Gasteiger partial charge in [0.1, 0.15) is 11.6 Å². The number of rotatable bonds is 9. The van der Waals surface area contributed by atoms with Crippen LogP contribution in [0.5, 0.6) is 5.75 Å². The minimum absolute atomic E-state index is 0.178. The molecule has 182 valence electrons. The van der Waals surface area contributed by atoms with Crippen molar-refractivity contribution < 1.29 is 18.7 Å². The van der Waals surface area contributed by atoms with Crippen molar-refractivity contribution in [1.82, 2.24) is 15.2 Å². The Bertz CT molecular complexity index is 1280. The molecule has 1 aliphatic heterocycles. The summed E-state index contributed by atoms with van der Waals surface area (Å²) in [5.74, 6) is -0.442. The average molecular weight is 477 g/mol. The average Bonchev–Trinajstić information content (AvgIpc) is 3.46. The van der Waals surface area contributed by atoms with Crippen molar-refractivity contribution in [2.24, 2.45) is 0 Å². The molecule has 1 aliphatic rings. The fourth-order valence-corrected chi connectivity index (χ4v) is 4.19. The van der Waals surface area contributed by atoms with E-state index in [1.807, 2.05) is 0 Å². The lowest BCUT2D eigenvalue weighted by Crippen LogP contribution is -2.34. The zero-order valence-corrected chi connectivity index (χ0v) is 20.1. The maximum Gasteiger partial charge on any atom is 0.256 e. The highest BCUT2D eigenvalue weighted by molar-refractivity contribution is 6.35. The van der Waals surface area contributed by atoms with Gasteiger partial charge in [0.25, 0.3) is 11.8 Å². The molecule has 0 radical (unpaired) electrons. The molecule has 8 heteroatoms. The number of carbonyl (C=O) groups excluding carboxylic acids is 2. The fourth-order valence-electron chi connectivity index (χ4n) is 4.19. The smallest absolute Gasteiger partial charge is 0.256 e. The number of H-pyrrole nitrogens is 1. The number of ether oxygens (including phenoxy) is 1. The highest BCUT2D eigenvalue weighted by Crippen LogP contribution is 2.39. The predicted molar refractivity (Wildman–Crippen MR) is 136 cm³/mol. The monoisotopic (exact) mass is 476 g/mol. The maximum atomic E-state index is 14.6. The second-order valence-electron chi connectivity index (χ2n) is 8.22.